The number of carbonyl (C=O) groups excluding carboxylic acids is 1. The second kappa shape index (κ2) is 5.18. The average molecular weight is 238 g/mol. The maximum atomic E-state index is 12.1. The number of Topliss-reactive ketones (excluding diaryl/α,β-unsaturated/α-hetero) is 1. The van der Waals surface area contributed by atoms with E-state index in [9.17, 15) is 4.79 Å². The van der Waals surface area contributed by atoms with Gasteiger partial charge in [0.05, 0.1) is 0 Å². The lowest BCUT2D eigenvalue weighted by Gasteiger charge is -2.07. The van der Waals surface area contributed by atoms with Gasteiger partial charge in [-0.05, 0) is 42.7 Å². The first-order chi connectivity index (χ1) is 8.59. The quantitative estimate of drug-likeness (QED) is 0.728. The number of ketones is 1. The fraction of sp³-hybridized carbons (Fsp3) is 0.235. The van der Waals surface area contributed by atoms with Crippen molar-refractivity contribution in [3.63, 3.8) is 0 Å². The molecule has 0 saturated heterocycles. The Morgan fingerprint density at radius 3 is 2.33 bits per heavy atom. The van der Waals surface area contributed by atoms with E-state index >= 15 is 0 Å². The van der Waals surface area contributed by atoms with Crippen molar-refractivity contribution in [2.75, 3.05) is 0 Å². The molecule has 0 saturated carbocycles. The zero-order valence-corrected chi connectivity index (χ0v) is 11.2. The Kier molecular flexibility index (Phi) is 3.61. The Morgan fingerprint density at radius 1 is 0.944 bits per heavy atom. The summed E-state index contributed by atoms with van der Waals surface area (Å²) in [5.74, 6) is 0.214. The van der Waals surface area contributed by atoms with Crippen LogP contribution in [-0.2, 0) is 11.2 Å². The van der Waals surface area contributed by atoms with E-state index in [1.54, 1.807) is 0 Å². The smallest absolute Gasteiger partial charge is 0.162 e. The first-order valence-electron chi connectivity index (χ1n) is 6.23. The minimum atomic E-state index is 0.214. The number of allylic oxidation sites excluding steroid dienone is 2. The van der Waals surface area contributed by atoms with Crippen LogP contribution in [0.1, 0.15) is 26.3 Å². The topological polar surface area (TPSA) is 17.1 Å². The van der Waals surface area contributed by atoms with Gasteiger partial charge in [0, 0.05) is 6.42 Å². The molecule has 0 fully saturated rings. The van der Waals surface area contributed by atoms with E-state index in [0.717, 1.165) is 16.7 Å². The van der Waals surface area contributed by atoms with Crippen molar-refractivity contribution >= 4 is 16.6 Å². The van der Waals surface area contributed by atoms with Crippen molar-refractivity contribution in [1.82, 2.24) is 0 Å². The van der Waals surface area contributed by atoms with E-state index in [2.05, 4.69) is 18.2 Å². The summed E-state index contributed by atoms with van der Waals surface area (Å²) in [5.41, 5.74) is 3.09. The maximum Gasteiger partial charge on any atom is 0.162 e. The van der Waals surface area contributed by atoms with Crippen LogP contribution in [0.25, 0.3) is 10.8 Å². The van der Waals surface area contributed by atoms with Gasteiger partial charge in [-0.25, -0.2) is 0 Å². The molecule has 0 radical (unpaired) electrons. The van der Waals surface area contributed by atoms with E-state index in [0.29, 0.717) is 6.42 Å². The molecule has 0 atom stereocenters. The molecule has 0 bridgehead atoms. The number of rotatable bonds is 3. The largest absolute Gasteiger partial charge is 0.294 e. The second-order valence-electron chi connectivity index (χ2n) is 4.86. The summed E-state index contributed by atoms with van der Waals surface area (Å²) in [4.78, 5) is 12.1. The van der Waals surface area contributed by atoms with Gasteiger partial charge in [-0.3, -0.25) is 4.79 Å². The molecule has 2 rings (SSSR count). The Hall–Kier alpha value is -1.89. The number of hydrogen-bond donors (Lipinski definition) is 0. The third-order valence-electron chi connectivity index (χ3n) is 3.40. The molecule has 18 heavy (non-hydrogen) atoms. The van der Waals surface area contributed by atoms with Crippen molar-refractivity contribution in [2.45, 2.75) is 27.2 Å². The second-order valence-corrected chi connectivity index (χ2v) is 4.86. The predicted molar refractivity (Wildman–Crippen MR) is 76.7 cm³/mol. The van der Waals surface area contributed by atoms with Crippen molar-refractivity contribution in [1.29, 1.82) is 0 Å². The molecule has 92 valence electrons. The predicted octanol–water partition coefficient (Wildman–Crippen LogP) is 4.31. The molecule has 0 heterocycles. The van der Waals surface area contributed by atoms with Gasteiger partial charge in [0.25, 0.3) is 0 Å². The zero-order chi connectivity index (χ0) is 13.1. The zero-order valence-electron chi connectivity index (χ0n) is 11.2. The Morgan fingerprint density at radius 2 is 1.61 bits per heavy atom. The van der Waals surface area contributed by atoms with E-state index in [-0.39, 0.29) is 5.78 Å². The Labute approximate surface area is 108 Å². The van der Waals surface area contributed by atoms with Crippen molar-refractivity contribution < 1.29 is 4.79 Å². The lowest BCUT2D eigenvalue weighted by atomic mass is 9.97. The number of hydrogen-bond acceptors (Lipinski definition) is 1. The van der Waals surface area contributed by atoms with Crippen LogP contribution in [0.5, 0.6) is 0 Å². The van der Waals surface area contributed by atoms with Crippen molar-refractivity contribution in [2.24, 2.45) is 0 Å². The van der Waals surface area contributed by atoms with Crippen LogP contribution in [-0.4, -0.2) is 5.78 Å². The summed E-state index contributed by atoms with van der Waals surface area (Å²) < 4.78 is 0. The summed E-state index contributed by atoms with van der Waals surface area (Å²) in [5, 5.41) is 2.37. The number of benzene rings is 2. The van der Waals surface area contributed by atoms with Crippen LogP contribution in [0.3, 0.4) is 0 Å². The first kappa shape index (κ1) is 12.6. The van der Waals surface area contributed by atoms with E-state index in [4.69, 9.17) is 0 Å². The molecule has 0 aliphatic heterocycles. The van der Waals surface area contributed by atoms with Crippen LogP contribution in [0, 0.1) is 0 Å². The monoisotopic (exact) mass is 238 g/mol. The highest BCUT2D eigenvalue weighted by Gasteiger charge is 2.09. The number of carbonyl (C=O) groups is 1. The minimum Gasteiger partial charge on any atom is -0.294 e. The van der Waals surface area contributed by atoms with Crippen LogP contribution in [0.4, 0.5) is 0 Å². The molecule has 0 amide bonds. The summed E-state index contributed by atoms with van der Waals surface area (Å²) in [7, 11) is 0. The molecule has 0 aliphatic carbocycles. The van der Waals surface area contributed by atoms with Crippen LogP contribution in [0.2, 0.25) is 0 Å². The summed E-state index contributed by atoms with van der Waals surface area (Å²) in [6.45, 7) is 5.87. The molecule has 0 aliphatic rings. The van der Waals surface area contributed by atoms with Gasteiger partial charge < -0.3 is 0 Å². The number of fused-ring (bicyclic) bond motifs is 1. The van der Waals surface area contributed by atoms with Gasteiger partial charge in [0.1, 0.15) is 0 Å². The highest BCUT2D eigenvalue weighted by molar-refractivity contribution is 5.99. The highest BCUT2D eigenvalue weighted by atomic mass is 16.1. The third-order valence-corrected chi connectivity index (χ3v) is 3.40. The third kappa shape index (κ3) is 2.51. The molecule has 0 aromatic heterocycles. The molecule has 0 N–H and O–H groups in total. The summed E-state index contributed by atoms with van der Waals surface area (Å²) >= 11 is 0. The van der Waals surface area contributed by atoms with Crippen LogP contribution >= 0.6 is 0 Å². The lowest BCUT2D eigenvalue weighted by molar-refractivity contribution is -0.114. The van der Waals surface area contributed by atoms with Gasteiger partial charge in [-0.1, -0.05) is 48.0 Å². The normalized spacial score (nSPS) is 10.4. The summed E-state index contributed by atoms with van der Waals surface area (Å²) in [6.07, 6.45) is 0.484. The molecular formula is C17H18O. The lowest BCUT2D eigenvalue weighted by Crippen LogP contribution is -2.05. The highest BCUT2D eigenvalue weighted by Crippen LogP contribution is 2.20. The van der Waals surface area contributed by atoms with E-state index in [1.807, 2.05) is 45.0 Å². The molecular weight excluding hydrogens is 220 g/mol. The fourth-order valence-electron chi connectivity index (χ4n) is 2.03. The van der Waals surface area contributed by atoms with Crippen molar-refractivity contribution in [3.05, 3.63) is 59.2 Å². The summed E-state index contributed by atoms with van der Waals surface area (Å²) in [6, 6.07) is 14.3. The minimum absolute atomic E-state index is 0.214. The van der Waals surface area contributed by atoms with E-state index in [1.165, 1.54) is 10.8 Å². The van der Waals surface area contributed by atoms with Gasteiger partial charge in [0.15, 0.2) is 5.78 Å². The SMILES string of the molecule is CC(C)=C(C)C(=O)Cc1cccc2ccccc12. The average Bonchev–Trinajstić information content (AvgIpc) is 2.38. The molecule has 2 aromatic rings. The molecule has 0 spiro atoms. The van der Waals surface area contributed by atoms with Crippen LogP contribution in [0.15, 0.2) is 53.6 Å². The van der Waals surface area contributed by atoms with Gasteiger partial charge >= 0.3 is 0 Å². The molecule has 2 aromatic carbocycles. The van der Waals surface area contributed by atoms with Gasteiger partial charge in [0.2, 0.25) is 0 Å². The Balaban J connectivity index is 2.39. The maximum absolute atomic E-state index is 12.1. The standard InChI is InChI=1S/C17H18O/c1-12(2)13(3)17(18)11-15-9-6-8-14-7-4-5-10-16(14)15/h4-10H,11H2,1-3H3. The van der Waals surface area contributed by atoms with E-state index < -0.39 is 0 Å². The molecule has 1 nitrogen and oxygen atoms in total. The van der Waals surface area contributed by atoms with Gasteiger partial charge in [-0.15, -0.1) is 0 Å². The van der Waals surface area contributed by atoms with Gasteiger partial charge in [-0.2, -0.15) is 0 Å². The molecule has 1 heteroatoms. The fourth-order valence-corrected chi connectivity index (χ4v) is 2.03. The van der Waals surface area contributed by atoms with Crippen molar-refractivity contribution in [3.8, 4) is 0 Å². The Bertz CT molecular complexity index is 611. The van der Waals surface area contributed by atoms with Crippen LogP contribution < -0.4 is 0 Å². The molecule has 0 unspecified atom stereocenters. The first-order valence-corrected chi connectivity index (χ1v) is 6.23.